The molecule has 1 unspecified atom stereocenters. The van der Waals surface area contributed by atoms with Gasteiger partial charge in [-0.15, -0.1) is 0 Å². The molecule has 118 valence electrons. The maximum Gasteiger partial charge on any atom is 0.122 e. The minimum Gasteiger partial charge on any atom is -0.493 e. The minimum atomic E-state index is 0.563. The van der Waals surface area contributed by atoms with Crippen LogP contribution in [0.3, 0.4) is 0 Å². The highest BCUT2D eigenvalue weighted by molar-refractivity contribution is 5.31. The lowest BCUT2D eigenvalue weighted by atomic mass is 9.98. The number of likely N-dealkylation sites (tertiary alicyclic amines) is 1. The van der Waals surface area contributed by atoms with Crippen LogP contribution in [0.1, 0.15) is 29.8 Å². The number of piperidine rings is 1. The molecule has 1 aromatic carbocycles. The van der Waals surface area contributed by atoms with Gasteiger partial charge in [-0.3, -0.25) is 4.90 Å². The van der Waals surface area contributed by atoms with E-state index in [-0.39, 0.29) is 0 Å². The number of benzene rings is 1. The van der Waals surface area contributed by atoms with Crippen molar-refractivity contribution in [2.24, 2.45) is 5.92 Å². The SMILES string of the molecule is Cc1ccccc1OCC1CCCN(Cc2nonc2C)C1. The van der Waals surface area contributed by atoms with Gasteiger partial charge in [0, 0.05) is 19.0 Å². The van der Waals surface area contributed by atoms with Crippen LogP contribution in [0.4, 0.5) is 0 Å². The van der Waals surface area contributed by atoms with Crippen LogP contribution >= 0.6 is 0 Å². The third-order valence-electron chi connectivity index (χ3n) is 4.29. The Morgan fingerprint density at radius 2 is 2.14 bits per heavy atom. The monoisotopic (exact) mass is 301 g/mol. The maximum absolute atomic E-state index is 6.01. The fourth-order valence-corrected chi connectivity index (χ4v) is 2.96. The van der Waals surface area contributed by atoms with E-state index in [1.54, 1.807) is 0 Å². The smallest absolute Gasteiger partial charge is 0.122 e. The lowest BCUT2D eigenvalue weighted by Crippen LogP contribution is -2.37. The first kappa shape index (κ1) is 15.0. The van der Waals surface area contributed by atoms with Crippen molar-refractivity contribution in [3.8, 4) is 5.75 Å². The summed E-state index contributed by atoms with van der Waals surface area (Å²) in [6.45, 7) is 7.76. The minimum absolute atomic E-state index is 0.563. The summed E-state index contributed by atoms with van der Waals surface area (Å²) < 4.78 is 10.8. The van der Waals surface area contributed by atoms with E-state index in [0.29, 0.717) is 5.92 Å². The highest BCUT2D eigenvalue weighted by Crippen LogP contribution is 2.22. The second kappa shape index (κ2) is 6.92. The second-order valence-corrected chi connectivity index (χ2v) is 6.12. The number of ether oxygens (including phenoxy) is 1. The van der Waals surface area contributed by atoms with Crippen molar-refractivity contribution < 1.29 is 9.37 Å². The van der Waals surface area contributed by atoms with Gasteiger partial charge in [0.05, 0.1) is 6.61 Å². The average Bonchev–Trinajstić information content (AvgIpc) is 2.92. The highest BCUT2D eigenvalue weighted by Gasteiger charge is 2.22. The Labute approximate surface area is 131 Å². The van der Waals surface area contributed by atoms with Crippen LogP contribution in [0, 0.1) is 19.8 Å². The third-order valence-corrected chi connectivity index (χ3v) is 4.29. The summed E-state index contributed by atoms with van der Waals surface area (Å²) in [5.74, 6) is 1.56. The van der Waals surface area contributed by atoms with Crippen molar-refractivity contribution in [3.05, 3.63) is 41.2 Å². The molecule has 1 atom stereocenters. The van der Waals surface area contributed by atoms with Crippen molar-refractivity contribution in [2.45, 2.75) is 33.2 Å². The molecule has 0 N–H and O–H groups in total. The first-order valence-corrected chi connectivity index (χ1v) is 7.91. The number of aryl methyl sites for hydroxylation is 2. The molecule has 2 heterocycles. The van der Waals surface area contributed by atoms with Gasteiger partial charge in [0.25, 0.3) is 0 Å². The maximum atomic E-state index is 6.01. The Morgan fingerprint density at radius 3 is 2.91 bits per heavy atom. The number of hydrogen-bond acceptors (Lipinski definition) is 5. The Morgan fingerprint density at radius 1 is 1.27 bits per heavy atom. The molecule has 1 fully saturated rings. The molecule has 2 aromatic rings. The molecule has 0 spiro atoms. The number of aromatic nitrogens is 2. The fourth-order valence-electron chi connectivity index (χ4n) is 2.96. The molecule has 22 heavy (non-hydrogen) atoms. The molecule has 1 aliphatic heterocycles. The predicted molar refractivity (Wildman–Crippen MR) is 83.7 cm³/mol. The van der Waals surface area contributed by atoms with E-state index >= 15 is 0 Å². The molecule has 3 rings (SSSR count). The van der Waals surface area contributed by atoms with Crippen molar-refractivity contribution in [1.82, 2.24) is 15.2 Å². The van der Waals surface area contributed by atoms with Crippen molar-refractivity contribution in [3.63, 3.8) is 0 Å². The topological polar surface area (TPSA) is 51.4 Å². The molecule has 0 amide bonds. The van der Waals surface area contributed by atoms with Crippen LogP contribution in [0.15, 0.2) is 28.9 Å². The standard InChI is InChI=1S/C17H23N3O2/c1-13-6-3-4-8-17(13)21-12-15-7-5-9-20(10-15)11-16-14(2)18-22-19-16/h3-4,6,8,15H,5,7,9-12H2,1-2H3. The Hall–Kier alpha value is -1.88. The summed E-state index contributed by atoms with van der Waals surface area (Å²) in [5.41, 5.74) is 3.03. The Balaban J connectivity index is 1.52. The Bertz CT molecular complexity index is 611. The molecule has 0 radical (unpaired) electrons. The van der Waals surface area contributed by atoms with E-state index in [9.17, 15) is 0 Å². The van der Waals surface area contributed by atoms with Gasteiger partial charge in [0.2, 0.25) is 0 Å². The number of para-hydroxylation sites is 1. The van der Waals surface area contributed by atoms with Crippen molar-refractivity contribution in [2.75, 3.05) is 19.7 Å². The summed E-state index contributed by atoms with van der Waals surface area (Å²) in [5, 5.41) is 7.83. The quantitative estimate of drug-likeness (QED) is 0.850. The van der Waals surface area contributed by atoms with Gasteiger partial charge < -0.3 is 4.74 Å². The van der Waals surface area contributed by atoms with Crippen LogP contribution in [0.5, 0.6) is 5.75 Å². The average molecular weight is 301 g/mol. The van der Waals surface area contributed by atoms with Gasteiger partial charge in [0.15, 0.2) is 0 Å². The van der Waals surface area contributed by atoms with Gasteiger partial charge in [-0.2, -0.15) is 0 Å². The Kier molecular flexibility index (Phi) is 4.73. The zero-order valence-corrected chi connectivity index (χ0v) is 13.3. The molecule has 1 aromatic heterocycles. The largest absolute Gasteiger partial charge is 0.493 e. The van der Waals surface area contributed by atoms with Gasteiger partial charge >= 0.3 is 0 Å². The van der Waals surface area contributed by atoms with E-state index < -0.39 is 0 Å². The zero-order chi connectivity index (χ0) is 15.4. The molecule has 0 saturated carbocycles. The van der Waals surface area contributed by atoms with E-state index in [1.165, 1.54) is 18.4 Å². The molecule has 1 aliphatic rings. The highest BCUT2D eigenvalue weighted by atomic mass is 16.6. The second-order valence-electron chi connectivity index (χ2n) is 6.12. The number of rotatable bonds is 5. The van der Waals surface area contributed by atoms with Crippen LogP contribution in [-0.4, -0.2) is 34.9 Å². The molecule has 5 nitrogen and oxygen atoms in total. The van der Waals surface area contributed by atoms with E-state index in [4.69, 9.17) is 9.37 Å². The normalized spacial score (nSPS) is 19.3. The first-order chi connectivity index (χ1) is 10.7. The molecular weight excluding hydrogens is 278 g/mol. The third kappa shape index (κ3) is 3.65. The van der Waals surface area contributed by atoms with Crippen LogP contribution in [0.25, 0.3) is 0 Å². The lowest BCUT2D eigenvalue weighted by Gasteiger charge is -2.32. The summed E-state index contributed by atoms with van der Waals surface area (Å²) >= 11 is 0. The van der Waals surface area contributed by atoms with Gasteiger partial charge in [-0.25, -0.2) is 4.63 Å². The molecule has 5 heteroatoms. The summed E-state index contributed by atoms with van der Waals surface area (Å²) in [4.78, 5) is 2.42. The van der Waals surface area contributed by atoms with Crippen molar-refractivity contribution >= 4 is 0 Å². The summed E-state index contributed by atoms with van der Waals surface area (Å²) in [6, 6.07) is 8.19. The number of hydrogen-bond donors (Lipinski definition) is 0. The van der Waals surface area contributed by atoms with Gasteiger partial charge in [-0.1, -0.05) is 28.5 Å². The summed E-state index contributed by atoms with van der Waals surface area (Å²) in [7, 11) is 0. The molecule has 0 bridgehead atoms. The first-order valence-electron chi connectivity index (χ1n) is 7.91. The molecule has 1 saturated heterocycles. The molecule has 0 aliphatic carbocycles. The van der Waals surface area contributed by atoms with Gasteiger partial charge in [0.1, 0.15) is 17.1 Å². The summed E-state index contributed by atoms with van der Waals surface area (Å²) in [6.07, 6.45) is 2.42. The van der Waals surface area contributed by atoms with Crippen LogP contribution < -0.4 is 4.74 Å². The fraction of sp³-hybridized carbons (Fsp3) is 0.529. The van der Waals surface area contributed by atoms with E-state index in [2.05, 4.69) is 28.2 Å². The predicted octanol–water partition coefficient (Wildman–Crippen LogP) is 2.98. The van der Waals surface area contributed by atoms with Crippen LogP contribution in [-0.2, 0) is 6.54 Å². The van der Waals surface area contributed by atoms with Crippen molar-refractivity contribution in [1.29, 1.82) is 0 Å². The lowest BCUT2D eigenvalue weighted by molar-refractivity contribution is 0.122. The van der Waals surface area contributed by atoms with Crippen LogP contribution in [0.2, 0.25) is 0 Å². The van der Waals surface area contributed by atoms with E-state index in [1.807, 2.05) is 25.1 Å². The molecular formula is C17H23N3O2. The van der Waals surface area contributed by atoms with E-state index in [0.717, 1.165) is 43.4 Å². The zero-order valence-electron chi connectivity index (χ0n) is 13.3. The number of nitrogens with zero attached hydrogens (tertiary/aromatic N) is 3. The van der Waals surface area contributed by atoms with Gasteiger partial charge in [-0.05, 0) is 44.9 Å².